The van der Waals surface area contributed by atoms with Crippen molar-refractivity contribution in [2.45, 2.75) is 12.8 Å². The van der Waals surface area contributed by atoms with E-state index >= 15 is 0 Å². The van der Waals surface area contributed by atoms with Crippen LogP contribution in [0.4, 0.5) is 0 Å². The Hall–Kier alpha value is -3.42. The van der Waals surface area contributed by atoms with Crippen LogP contribution in [0.1, 0.15) is 33.8 Å². The third-order valence-electron chi connectivity index (χ3n) is 5.33. The van der Waals surface area contributed by atoms with E-state index in [2.05, 4.69) is 10.3 Å². The molecule has 0 spiro atoms. The molecule has 3 heterocycles. The molecule has 1 fully saturated rings. The van der Waals surface area contributed by atoms with Gasteiger partial charge in [-0.1, -0.05) is 17.3 Å². The standard InChI is InChI=1S/C21H22N4O4/c1-24-17(7-10-22-24)20(26)14-8-11-25(12-9-14)21(27)16-13-19(29-23-16)15-5-3-4-6-18(15)28-2/h3-7,10,13-14H,8-9,11-12H2,1-2H3. The SMILES string of the molecule is COc1ccccc1-c1cc(C(=O)N2CCC(C(=O)c3ccnn3C)CC2)no1. The molecule has 1 aromatic carbocycles. The number of aryl methyl sites for hydroxylation is 1. The molecule has 0 atom stereocenters. The normalized spacial score (nSPS) is 14.8. The minimum absolute atomic E-state index is 0.0805. The summed E-state index contributed by atoms with van der Waals surface area (Å²) in [6.45, 7) is 1.01. The Morgan fingerprint density at radius 3 is 2.62 bits per heavy atom. The molecule has 0 bridgehead atoms. The van der Waals surface area contributed by atoms with Gasteiger partial charge in [-0.15, -0.1) is 0 Å². The van der Waals surface area contributed by atoms with E-state index in [0.717, 1.165) is 5.56 Å². The first-order valence-electron chi connectivity index (χ1n) is 9.50. The van der Waals surface area contributed by atoms with Crippen LogP contribution < -0.4 is 4.74 Å². The maximum atomic E-state index is 12.8. The molecule has 1 amide bonds. The molecule has 1 aliphatic heterocycles. The number of amides is 1. The largest absolute Gasteiger partial charge is 0.496 e. The molecular formula is C21H22N4O4. The first-order valence-corrected chi connectivity index (χ1v) is 9.50. The Kier molecular flexibility index (Phi) is 5.16. The summed E-state index contributed by atoms with van der Waals surface area (Å²) in [6, 6.07) is 10.8. The number of benzene rings is 1. The summed E-state index contributed by atoms with van der Waals surface area (Å²) in [5.41, 5.74) is 1.59. The molecule has 1 saturated heterocycles. The van der Waals surface area contributed by atoms with Gasteiger partial charge in [-0.3, -0.25) is 14.3 Å². The van der Waals surface area contributed by atoms with Gasteiger partial charge in [0.1, 0.15) is 11.4 Å². The Morgan fingerprint density at radius 1 is 1.17 bits per heavy atom. The van der Waals surface area contributed by atoms with Crippen molar-refractivity contribution in [2.24, 2.45) is 13.0 Å². The van der Waals surface area contributed by atoms with E-state index in [1.807, 2.05) is 24.3 Å². The van der Waals surface area contributed by atoms with Gasteiger partial charge in [0.25, 0.3) is 5.91 Å². The number of methoxy groups -OCH3 is 1. The number of carbonyl (C=O) groups excluding carboxylic acids is 2. The van der Waals surface area contributed by atoms with E-state index < -0.39 is 0 Å². The number of ketones is 1. The zero-order chi connectivity index (χ0) is 20.4. The van der Waals surface area contributed by atoms with Crippen molar-refractivity contribution in [3.8, 4) is 17.1 Å². The molecular weight excluding hydrogens is 372 g/mol. The van der Waals surface area contributed by atoms with Gasteiger partial charge in [0.15, 0.2) is 17.2 Å². The van der Waals surface area contributed by atoms with Crippen molar-refractivity contribution < 1.29 is 18.8 Å². The average molecular weight is 394 g/mol. The fourth-order valence-corrected chi connectivity index (χ4v) is 3.68. The van der Waals surface area contributed by atoms with Crippen LogP contribution in [0.3, 0.4) is 0 Å². The zero-order valence-corrected chi connectivity index (χ0v) is 16.4. The smallest absolute Gasteiger partial charge is 0.276 e. The van der Waals surface area contributed by atoms with Gasteiger partial charge in [0.2, 0.25) is 0 Å². The van der Waals surface area contributed by atoms with E-state index in [9.17, 15) is 9.59 Å². The number of nitrogens with zero attached hydrogens (tertiary/aromatic N) is 4. The summed E-state index contributed by atoms with van der Waals surface area (Å²) in [5, 5.41) is 8.01. The lowest BCUT2D eigenvalue weighted by molar-refractivity contribution is 0.0639. The number of ether oxygens (including phenoxy) is 1. The van der Waals surface area contributed by atoms with E-state index in [0.29, 0.717) is 43.1 Å². The predicted octanol–water partition coefficient (Wildman–Crippen LogP) is 2.82. The number of hydrogen-bond acceptors (Lipinski definition) is 6. The Morgan fingerprint density at radius 2 is 1.93 bits per heavy atom. The first-order chi connectivity index (χ1) is 14.1. The molecule has 1 aliphatic rings. The number of aromatic nitrogens is 3. The molecule has 0 N–H and O–H groups in total. The number of likely N-dealkylation sites (tertiary alicyclic amines) is 1. The van der Waals surface area contributed by atoms with E-state index in [4.69, 9.17) is 9.26 Å². The van der Waals surface area contributed by atoms with E-state index in [1.54, 1.807) is 42.1 Å². The summed E-state index contributed by atoms with van der Waals surface area (Å²) >= 11 is 0. The van der Waals surface area contributed by atoms with E-state index in [1.165, 1.54) is 0 Å². The minimum atomic E-state index is -0.193. The fraction of sp³-hybridized carbons (Fsp3) is 0.333. The predicted molar refractivity (Wildman–Crippen MR) is 105 cm³/mol. The number of Topliss-reactive ketones (excluding diaryl/α,β-unsaturated/α-hetero) is 1. The van der Waals surface area contributed by atoms with Crippen molar-refractivity contribution in [1.29, 1.82) is 0 Å². The molecule has 150 valence electrons. The third-order valence-corrected chi connectivity index (χ3v) is 5.33. The monoisotopic (exact) mass is 394 g/mol. The van der Waals surface area contributed by atoms with Crippen molar-refractivity contribution in [1.82, 2.24) is 19.8 Å². The molecule has 0 aliphatic carbocycles. The summed E-state index contributed by atoms with van der Waals surface area (Å²) in [4.78, 5) is 27.2. The maximum absolute atomic E-state index is 12.8. The van der Waals surface area contributed by atoms with Gasteiger partial charge >= 0.3 is 0 Å². The molecule has 0 unspecified atom stereocenters. The van der Waals surface area contributed by atoms with Gasteiger partial charge in [-0.05, 0) is 31.0 Å². The van der Waals surface area contributed by atoms with Crippen LogP contribution in [0.5, 0.6) is 5.75 Å². The third kappa shape index (κ3) is 3.65. The van der Waals surface area contributed by atoms with Crippen LogP contribution in [0.2, 0.25) is 0 Å². The molecule has 0 saturated carbocycles. The van der Waals surface area contributed by atoms with Gasteiger partial charge < -0.3 is 14.2 Å². The highest BCUT2D eigenvalue weighted by atomic mass is 16.5. The highest BCUT2D eigenvalue weighted by Crippen LogP contribution is 2.30. The molecule has 29 heavy (non-hydrogen) atoms. The Labute approximate surface area is 168 Å². The van der Waals surface area contributed by atoms with Crippen LogP contribution >= 0.6 is 0 Å². The molecule has 4 rings (SSSR count). The van der Waals surface area contributed by atoms with E-state index in [-0.39, 0.29) is 23.3 Å². The molecule has 0 radical (unpaired) electrons. The summed E-state index contributed by atoms with van der Waals surface area (Å²) in [7, 11) is 3.34. The second-order valence-electron chi connectivity index (χ2n) is 7.05. The highest BCUT2D eigenvalue weighted by molar-refractivity contribution is 5.97. The maximum Gasteiger partial charge on any atom is 0.276 e. The van der Waals surface area contributed by atoms with Crippen LogP contribution in [0, 0.1) is 5.92 Å². The lowest BCUT2D eigenvalue weighted by Gasteiger charge is -2.30. The Balaban J connectivity index is 1.42. The minimum Gasteiger partial charge on any atom is -0.496 e. The summed E-state index contributed by atoms with van der Waals surface area (Å²) in [5.74, 6) is 0.915. The van der Waals surface area contributed by atoms with Crippen LogP contribution in [-0.4, -0.2) is 51.7 Å². The summed E-state index contributed by atoms with van der Waals surface area (Å²) in [6.07, 6.45) is 2.86. The average Bonchev–Trinajstić information content (AvgIpc) is 3.42. The van der Waals surface area contributed by atoms with Gasteiger partial charge in [-0.25, -0.2) is 0 Å². The van der Waals surface area contributed by atoms with Gasteiger partial charge in [0.05, 0.1) is 12.7 Å². The zero-order valence-electron chi connectivity index (χ0n) is 16.4. The van der Waals surface area contributed by atoms with Crippen LogP contribution in [0.25, 0.3) is 11.3 Å². The van der Waals surface area contributed by atoms with Crippen molar-refractivity contribution in [3.05, 3.63) is 54.0 Å². The molecule has 8 nitrogen and oxygen atoms in total. The van der Waals surface area contributed by atoms with Gasteiger partial charge in [-0.2, -0.15) is 5.10 Å². The molecule has 2 aromatic heterocycles. The second kappa shape index (κ2) is 7.90. The number of hydrogen-bond donors (Lipinski definition) is 0. The Bertz CT molecular complexity index is 1030. The van der Waals surface area contributed by atoms with Crippen LogP contribution in [0.15, 0.2) is 47.1 Å². The fourth-order valence-electron chi connectivity index (χ4n) is 3.68. The topological polar surface area (TPSA) is 90.5 Å². The molecule has 3 aromatic rings. The van der Waals surface area contributed by atoms with Gasteiger partial charge in [0, 0.05) is 38.3 Å². The van der Waals surface area contributed by atoms with Crippen molar-refractivity contribution >= 4 is 11.7 Å². The number of piperidine rings is 1. The van der Waals surface area contributed by atoms with Crippen molar-refractivity contribution in [3.63, 3.8) is 0 Å². The first kappa shape index (κ1) is 18.9. The lowest BCUT2D eigenvalue weighted by atomic mass is 9.91. The summed E-state index contributed by atoms with van der Waals surface area (Å²) < 4.78 is 12.3. The quantitative estimate of drug-likeness (QED) is 0.618. The van der Waals surface area contributed by atoms with Crippen molar-refractivity contribution in [2.75, 3.05) is 20.2 Å². The number of para-hydroxylation sites is 1. The number of rotatable bonds is 5. The van der Waals surface area contributed by atoms with Crippen LogP contribution in [-0.2, 0) is 7.05 Å². The number of carbonyl (C=O) groups is 2. The second-order valence-corrected chi connectivity index (χ2v) is 7.05. The highest BCUT2D eigenvalue weighted by Gasteiger charge is 2.30. The lowest BCUT2D eigenvalue weighted by Crippen LogP contribution is -2.40. The molecule has 8 heteroatoms.